The summed E-state index contributed by atoms with van der Waals surface area (Å²) in [6.45, 7) is 2.79. The highest BCUT2D eigenvalue weighted by atomic mass is 16.7. The molecule has 2 aliphatic heterocycles. The summed E-state index contributed by atoms with van der Waals surface area (Å²) in [4.78, 5) is 4.37. The van der Waals surface area contributed by atoms with Gasteiger partial charge in [0.05, 0.1) is 19.3 Å². The molecule has 2 heterocycles. The molecule has 2 saturated heterocycles. The van der Waals surface area contributed by atoms with Gasteiger partial charge in [0.2, 0.25) is 0 Å². The molecule has 0 bridgehead atoms. The van der Waals surface area contributed by atoms with Crippen LogP contribution in [-0.4, -0.2) is 50.3 Å². The first-order valence-corrected chi connectivity index (χ1v) is 8.23. The van der Waals surface area contributed by atoms with Crippen molar-refractivity contribution in [2.45, 2.75) is 62.9 Å². The summed E-state index contributed by atoms with van der Waals surface area (Å²) in [6, 6.07) is 0. The minimum atomic E-state index is -0.321. The second-order valence-electron chi connectivity index (χ2n) is 6.26. The summed E-state index contributed by atoms with van der Waals surface area (Å²) in [5.41, 5.74) is 5.89. The molecule has 21 heavy (non-hydrogen) atoms. The van der Waals surface area contributed by atoms with E-state index in [9.17, 15) is 0 Å². The SMILES string of the molecule is NC(=NCC1COC2(CCCCC2)O1)NCC1CCCO1. The molecule has 120 valence electrons. The molecule has 1 saturated carbocycles. The lowest BCUT2D eigenvalue weighted by Crippen LogP contribution is -2.38. The van der Waals surface area contributed by atoms with Crippen molar-refractivity contribution in [2.24, 2.45) is 10.7 Å². The lowest BCUT2D eigenvalue weighted by atomic mass is 9.94. The molecule has 3 N–H and O–H groups in total. The Morgan fingerprint density at radius 2 is 2.05 bits per heavy atom. The van der Waals surface area contributed by atoms with Gasteiger partial charge in [-0.2, -0.15) is 0 Å². The third-order valence-corrected chi connectivity index (χ3v) is 4.53. The van der Waals surface area contributed by atoms with Crippen LogP contribution in [0.5, 0.6) is 0 Å². The van der Waals surface area contributed by atoms with Gasteiger partial charge < -0.3 is 25.3 Å². The molecule has 0 aromatic carbocycles. The average Bonchev–Trinajstić information content (AvgIpc) is 3.14. The zero-order valence-corrected chi connectivity index (χ0v) is 12.7. The van der Waals surface area contributed by atoms with Crippen LogP contribution in [-0.2, 0) is 14.2 Å². The van der Waals surface area contributed by atoms with Crippen LogP contribution in [0.1, 0.15) is 44.9 Å². The number of nitrogens with zero attached hydrogens (tertiary/aromatic N) is 1. The fourth-order valence-corrected chi connectivity index (χ4v) is 3.34. The van der Waals surface area contributed by atoms with Crippen molar-refractivity contribution in [2.75, 3.05) is 26.3 Å². The quantitative estimate of drug-likeness (QED) is 0.601. The van der Waals surface area contributed by atoms with E-state index in [0.29, 0.717) is 19.1 Å². The topological polar surface area (TPSA) is 78.1 Å². The Bertz CT molecular complexity index is 363. The van der Waals surface area contributed by atoms with Gasteiger partial charge in [-0.1, -0.05) is 6.42 Å². The highest BCUT2D eigenvalue weighted by Gasteiger charge is 2.41. The second kappa shape index (κ2) is 6.94. The average molecular weight is 297 g/mol. The van der Waals surface area contributed by atoms with Crippen LogP contribution in [0.25, 0.3) is 0 Å². The largest absolute Gasteiger partial charge is 0.376 e. The summed E-state index contributed by atoms with van der Waals surface area (Å²) in [5.74, 6) is 0.150. The normalized spacial score (nSPS) is 32.7. The minimum Gasteiger partial charge on any atom is -0.376 e. The predicted molar refractivity (Wildman–Crippen MR) is 80.1 cm³/mol. The third-order valence-electron chi connectivity index (χ3n) is 4.53. The standard InChI is InChI=1S/C15H27N3O3/c16-14(17-9-12-5-4-8-19-12)18-10-13-11-20-15(21-13)6-2-1-3-7-15/h12-13H,1-11H2,(H3,16,17,18). The Balaban J connectivity index is 1.39. The molecule has 1 spiro atoms. The molecule has 0 aromatic heterocycles. The molecule has 0 aromatic rings. The van der Waals surface area contributed by atoms with Gasteiger partial charge in [-0.15, -0.1) is 0 Å². The fourth-order valence-electron chi connectivity index (χ4n) is 3.34. The first-order valence-electron chi connectivity index (χ1n) is 8.23. The molecule has 3 rings (SSSR count). The predicted octanol–water partition coefficient (Wildman–Crippen LogP) is 1.15. The number of guanidine groups is 1. The van der Waals surface area contributed by atoms with E-state index in [-0.39, 0.29) is 18.0 Å². The summed E-state index contributed by atoms with van der Waals surface area (Å²) in [6.07, 6.45) is 8.25. The first-order chi connectivity index (χ1) is 10.3. The van der Waals surface area contributed by atoms with Crippen LogP contribution in [0.4, 0.5) is 0 Å². The van der Waals surface area contributed by atoms with Gasteiger partial charge >= 0.3 is 0 Å². The second-order valence-corrected chi connectivity index (χ2v) is 6.26. The fraction of sp³-hybridized carbons (Fsp3) is 0.933. The van der Waals surface area contributed by atoms with Gasteiger partial charge in [-0.25, -0.2) is 0 Å². The highest BCUT2D eigenvalue weighted by Crippen LogP contribution is 2.37. The van der Waals surface area contributed by atoms with Crippen molar-refractivity contribution >= 4 is 5.96 Å². The maximum Gasteiger partial charge on any atom is 0.188 e. The lowest BCUT2D eigenvalue weighted by molar-refractivity contribution is -0.186. The Labute approximate surface area is 126 Å². The molecule has 3 aliphatic rings. The van der Waals surface area contributed by atoms with E-state index < -0.39 is 0 Å². The zero-order valence-electron chi connectivity index (χ0n) is 12.7. The maximum absolute atomic E-state index is 6.08. The van der Waals surface area contributed by atoms with Crippen molar-refractivity contribution in [1.29, 1.82) is 0 Å². The molecular weight excluding hydrogens is 270 g/mol. The highest BCUT2D eigenvalue weighted by molar-refractivity contribution is 5.77. The van der Waals surface area contributed by atoms with Gasteiger partial charge in [0.25, 0.3) is 0 Å². The van der Waals surface area contributed by atoms with E-state index in [4.69, 9.17) is 19.9 Å². The monoisotopic (exact) mass is 297 g/mol. The number of nitrogens with one attached hydrogen (secondary N) is 1. The Hall–Kier alpha value is -0.850. The maximum atomic E-state index is 6.08. The number of hydrogen-bond donors (Lipinski definition) is 2. The summed E-state index contributed by atoms with van der Waals surface area (Å²) < 4.78 is 17.5. The molecule has 6 nitrogen and oxygen atoms in total. The molecule has 0 radical (unpaired) electrons. The third kappa shape index (κ3) is 4.08. The van der Waals surface area contributed by atoms with Crippen LogP contribution in [0.3, 0.4) is 0 Å². The van der Waals surface area contributed by atoms with Crippen molar-refractivity contribution in [3.05, 3.63) is 0 Å². The van der Waals surface area contributed by atoms with Crippen LogP contribution in [0, 0.1) is 0 Å². The minimum absolute atomic E-state index is 0.0335. The number of rotatable bonds is 4. The van der Waals surface area contributed by atoms with E-state index in [1.807, 2.05) is 0 Å². The van der Waals surface area contributed by atoms with Crippen molar-refractivity contribution in [1.82, 2.24) is 5.32 Å². The first kappa shape index (κ1) is 15.1. The molecule has 2 unspecified atom stereocenters. The number of nitrogens with two attached hydrogens (primary N) is 1. The van der Waals surface area contributed by atoms with Gasteiger partial charge in [0.15, 0.2) is 11.7 Å². The van der Waals surface area contributed by atoms with E-state index in [2.05, 4.69) is 10.3 Å². The number of ether oxygens (including phenoxy) is 3. The zero-order chi connectivity index (χ0) is 14.5. The van der Waals surface area contributed by atoms with Crippen LogP contribution in [0.15, 0.2) is 4.99 Å². The van der Waals surface area contributed by atoms with Gasteiger partial charge in [0, 0.05) is 26.0 Å². The van der Waals surface area contributed by atoms with E-state index >= 15 is 0 Å². The summed E-state index contributed by atoms with van der Waals surface area (Å²) >= 11 is 0. The van der Waals surface area contributed by atoms with Gasteiger partial charge in [-0.3, -0.25) is 4.99 Å². The molecule has 2 atom stereocenters. The van der Waals surface area contributed by atoms with Gasteiger partial charge in [0.1, 0.15) is 6.10 Å². The van der Waals surface area contributed by atoms with E-state index in [1.165, 1.54) is 19.3 Å². The van der Waals surface area contributed by atoms with Gasteiger partial charge in [-0.05, 0) is 25.7 Å². The summed E-state index contributed by atoms with van der Waals surface area (Å²) in [5, 5.41) is 3.13. The van der Waals surface area contributed by atoms with E-state index in [1.54, 1.807) is 0 Å². The van der Waals surface area contributed by atoms with Crippen molar-refractivity contribution in [3.8, 4) is 0 Å². The molecular formula is C15H27N3O3. The van der Waals surface area contributed by atoms with Crippen molar-refractivity contribution in [3.63, 3.8) is 0 Å². The lowest BCUT2D eigenvalue weighted by Gasteiger charge is -2.31. The smallest absolute Gasteiger partial charge is 0.188 e. The van der Waals surface area contributed by atoms with Crippen molar-refractivity contribution < 1.29 is 14.2 Å². The Morgan fingerprint density at radius 1 is 1.19 bits per heavy atom. The Kier molecular flexibility index (Phi) is 4.98. The number of hydrogen-bond acceptors (Lipinski definition) is 4. The van der Waals surface area contributed by atoms with Crippen LogP contribution in [0.2, 0.25) is 0 Å². The molecule has 0 amide bonds. The van der Waals surface area contributed by atoms with Crippen LogP contribution >= 0.6 is 0 Å². The summed E-state index contributed by atoms with van der Waals surface area (Å²) in [7, 11) is 0. The van der Waals surface area contributed by atoms with Crippen LogP contribution < -0.4 is 11.1 Å². The number of aliphatic imine (C=N–C) groups is 1. The molecule has 6 heteroatoms. The Morgan fingerprint density at radius 3 is 2.81 bits per heavy atom. The molecule has 1 aliphatic carbocycles. The van der Waals surface area contributed by atoms with E-state index in [0.717, 1.165) is 38.8 Å². The molecule has 3 fully saturated rings.